The molecule has 4 rings (SSSR count). The zero-order chi connectivity index (χ0) is 37.2. The lowest BCUT2D eigenvalue weighted by molar-refractivity contribution is -0.381. The number of nitrogens with one attached hydrogen (secondary N) is 2. The largest absolute Gasteiger partial charge is 0.394 e. The van der Waals surface area contributed by atoms with Gasteiger partial charge >= 0.3 is 0 Å². The summed E-state index contributed by atoms with van der Waals surface area (Å²) >= 11 is 0. The highest BCUT2D eigenvalue weighted by molar-refractivity contribution is 5.73. The second-order valence-electron chi connectivity index (χ2n) is 12.6. The molecule has 0 spiro atoms. The molecule has 50 heavy (non-hydrogen) atoms. The molecule has 4 fully saturated rings. The molecule has 4 heterocycles. The van der Waals surface area contributed by atoms with Crippen molar-refractivity contribution in [3.8, 4) is 0 Å². The van der Waals surface area contributed by atoms with E-state index in [9.17, 15) is 65.8 Å². The molecule has 4 aliphatic heterocycles. The Hall–Kier alpha value is -1.78. The summed E-state index contributed by atoms with van der Waals surface area (Å²) in [4.78, 5) is 23.9. The second-order valence-corrected chi connectivity index (χ2v) is 12.6. The van der Waals surface area contributed by atoms with Crippen molar-refractivity contribution in [2.45, 2.75) is 143 Å². The molecule has 0 aromatic heterocycles. The average Bonchev–Trinajstić information content (AvgIpc) is 3.06. The van der Waals surface area contributed by atoms with Crippen LogP contribution in [-0.4, -0.2) is 211 Å². The minimum Gasteiger partial charge on any atom is -0.394 e. The van der Waals surface area contributed by atoms with Gasteiger partial charge in [-0.3, -0.25) is 9.59 Å². The fourth-order valence-corrected chi connectivity index (χ4v) is 6.17. The van der Waals surface area contributed by atoms with E-state index in [1.54, 1.807) is 0 Å². The van der Waals surface area contributed by atoms with E-state index in [2.05, 4.69) is 10.6 Å². The van der Waals surface area contributed by atoms with E-state index in [0.717, 1.165) is 13.8 Å². The molecule has 20 atom stereocenters. The van der Waals surface area contributed by atoms with E-state index in [4.69, 9.17) is 33.2 Å². The van der Waals surface area contributed by atoms with Crippen molar-refractivity contribution in [3.05, 3.63) is 0 Å². The topological polar surface area (TPSA) is 345 Å². The Morgan fingerprint density at radius 1 is 0.560 bits per heavy atom. The number of hydrogen-bond acceptors (Lipinski definition) is 20. The zero-order valence-corrected chi connectivity index (χ0v) is 27.3. The van der Waals surface area contributed by atoms with Crippen LogP contribution in [-0.2, 0) is 42.7 Å². The molecular weight excluding hydrogens is 684 g/mol. The van der Waals surface area contributed by atoms with Gasteiger partial charge < -0.3 is 100.0 Å². The smallest absolute Gasteiger partial charge is 0.217 e. The lowest BCUT2D eigenvalue weighted by atomic mass is 9.95. The molecule has 22 heteroatoms. The van der Waals surface area contributed by atoms with Gasteiger partial charge in [-0.1, -0.05) is 0 Å². The molecule has 0 radical (unpaired) electrons. The second kappa shape index (κ2) is 17.4. The summed E-state index contributed by atoms with van der Waals surface area (Å²) < 4.78 is 39.4. The third kappa shape index (κ3) is 8.87. The fourth-order valence-electron chi connectivity index (χ4n) is 6.17. The number of ether oxygens (including phenoxy) is 7. The maximum absolute atomic E-state index is 12.1. The summed E-state index contributed by atoms with van der Waals surface area (Å²) in [5.74, 6) is -1.35. The van der Waals surface area contributed by atoms with Crippen LogP contribution in [0.2, 0.25) is 0 Å². The van der Waals surface area contributed by atoms with Crippen LogP contribution in [0.15, 0.2) is 0 Å². The SMILES string of the molecule is CC(=O)N[C@H]1[C@H](OC[C@H]2OC(O)[C@H](NC(C)=O)[C@@H](O[C@@H]3O[C@H](CO)[C@H](O)[C@H](O)[C@H]3O[C@@H]3O[C@@H](C)[C@@H](O)[C@@H](O)[C@@H]3O)[C@H]2O)O[C@H](CO)[C@@H](O)[C@@H]1O. The molecule has 290 valence electrons. The first-order chi connectivity index (χ1) is 23.5. The normalized spacial score (nSPS) is 48.5. The Kier molecular flexibility index (Phi) is 14.2. The molecule has 4 saturated heterocycles. The monoisotopic (exact) mass is 732 g/mol. The molecule has 2 amide bonds. The van der Waals surface area contributed by atoms with Crippen molar-refractivity contribution in [2.24, 2.45) is 0 Å². The molecule has 1 unspecified atom stereocenters. The highest BCUT2D eigenvalue weighted by Gasteiger charge is 2.54. The van der Waals surface area contributed by atoms with Gasteiger partial charge in [0.15, 0.2) is 25.2 Å². The Labute approximate surface area is 285 Å². The lowest BCUT2D eigenvalue weighted by Gasteiger charge is -2.49. The van der Waals surface area contributed by atoms with Crippen LogP contribution < -0.4 is 10.6 Å². The van der Waals surface area contributed by atoms with Crippen LogP contribution >= 0.6 is 0 Å². The van der Waals surface area contributed by atoms with Crippen molar-refractivity contribution in [1.82, 2.24) is 10.6 Å². The highest BCUT2D eigenvalue weighted by Crippen LogP contribution is 2.33. The quantitative estimate of drug-likeness (QED) is 0.0938. The molecule has 13 N–H and O–H groups in total. The van der Waals surface area contributed by atoms with Crippen molar-refractivity contribution in [3.63, 3.8) is 0 Å². The molecule has 0 aliphatic carbocycles. The molecule has 22 nitrogen and oxygen atoms in total. The molecule has 0 aromatic carbocycles. The fraction of sp³-hybridized carbons (Fsp3) is 0.929. The van der Waals surface area contributed by atoms with E-state index in [-0.39, 0.29) is 0 Å². The summed E-state index contributed by atoms with van der Waals surface area (Å²) in [6.07, 6.45) is -30.1. The highest BCUT2D eigenvalue weighted by atomic mass is 16.8. The predicted molar refractivity (Wildman–Crippen MR) is 156 cm³/mol. The van der Waals surface area contributed by atoms with E-state index in [1.807, 2.05) is 0 Å². The van der Waals surface area contributed by atoms with Gasteiger partial charge in [0, 0.05) is 13.8 Å². The zero-order valence-electron chi connectivity index (χ0n) is 27.3. The van der Waals surface area contributed by atoms with Gasteiger partial charge in [0.1, 0.15) is 91.4 Å². The van der Waals surface area contributed by atoms with Gasteiger partial charge in [-0.15, -0.1) is 0 Å². The maximum atomic E-state index is 12.1. The molecular formula is C28H48N2O20. The van der Waals surface area contributed by atoms with Crippen molar-refractivity contribution >= 4 is 11.8 Å². The van der Waals surface area contributed by atoms with E-state index < -0.39 is 154 Å². The standard InChI is InChI=1S/C28H48N2O20/c1-7-15(35)20(40)22(42)27(45-7)50-24-21(41)17(37)11(5-32)48-28(24)49-23-14(30-9(3)34)25(43)46-12(18(23)38)6-44-26-13(29-8(2)33)19(39)16(36)10(4-31)47-26/h7,10-28,31-32,35-43H,4-6H2,1-3H3,(H,29,33)(H,30,34)/t7-,10+,11+,12+,13+,14+,15+,16+,17-,18-,19+,20+,21-,22-,23+,24+,25?,26+,27-,28-/m0/s1. The van der Waals surface area contributed by atoms with Crippen molar-refractivity contribution in [2.75, 3.05) is 19.8 Å². The summed E-state index contributed by atoms with van der Waals surface area (Å²) in [5, 5.41) is 120. The summed E-state index contributed by atoms with van der Waals surface area (Å²) in [5.41, 5.74) is 0. The Balaban J connectivity index is 1.58. The van der Waals surface area contributed by atoms with Gasteiger partial charge in [0.25, 0.3) is 0 Å². The summed E-state index contributed by atoms with van der Waals surface area (Å²) in [7, 11) is 0. The molecule has 0 bridgehead atoms. The number of carbonyl (C=O) groups is 2. The van der Waals surface area contributed by atoms with Gasteiger partial charge in [-0.05, 0) is 6.92 Å². The van der Waals surface area contributed by atoms with Crippen molar-refractivity contribution in [1.29, 1.82) is 0 Å². The number of hydrogen-bond donors (Lipinski definition) is 13. The third-order valence-electron chi connectivity index (χ3n) is 8.95. The Morgan fingerprint density at radius 3 is 1.68 bits per heavy atom. The van der Waals surface area contributed by atoms with Crippen LogP contribution in [0, 0.1) is 0 Å². The number of carbonyl (C=O) groups excluding carboxylic acids is 2. The van der Waals surface area contributed by atoms with E-state index in [0.29, 0.717) is 0 Å². The minimum absolute atomic E-state index is 0.638. The molecule has 4 aliphatic rings. The molecule has 0 aromatic rings. The van der Waals surface area contributed by atoms with Gasteiger partial charge in [0.05, 0.1) is 25.9 Å². The van der Waals surface area contributed by atoms with Gasteiger partial charge in [0.2, 0.25) is 11.8 Å². The van der Waals surface area contributed by atoms with Gasteiger partial charge in [-0.2, -0.15) is 0 Å². The number of amides is 2. The van der Waals surface area contributed by atoms with Crippen molar-refractivity contribution < 1.29 is 98.9 Å². The third-order valence-corrected chi connectivity index (χ3v) is 8.95. The van der Waals surface area contributed by atoms with Crippen LogP contribution in [0.5, 0.6) is 0 Å². The summed E-state index contributed by atoms with van der Waals surface area (Å²) in [6, 6.07) is -2.92. The maximum Gasteiger partial charge on any atom is 0.217 e. The lowest BCUT2D eigenvalue weighted by Crippen LogP contribution is -2.69. The number of aliphatic hydroxyl groups excluding tert-OH is 11. The number of aliphatic hydroxyl groups is 11. The Morgan fingerprint density at radius 2 is 1.10 bits per heavy atom. The first-order valence-corrected chi connectivity index (χ1v) is 15.9. The van der Waals surface area contributed by atoms with Crippen LogP contribution in [0.25, 0.3) is 0 Å². The predicted octanol–water partition coefficient (Wildman–Crippen LogP) is -8.43. The van der Waals surface area contributed by atoms with Crippen LogP contribution in [0.3, 0.4) is 0 Å². The molecule has 0 saturated carbocycles. The van der Waals surface area contributed by atoms with E-state index in [1.165, 1.54) is 6.92 Å². The average molecular weight is 733 g/mol. The first-order valence-electron chi connectivity index (χ1n) is 15.9. The first kappa shape index (κ1) is 41.0. The minimum atomic E-state index is -1.93. The number of rotatable bonds is 11. The van der Waals surface area contributed by atoms with E-state index >= 15 is 0 Å². The Bertz CT molecular complexity index is 1130. The van der Waals surface area contributed by atoms with Crippen LogP contribution in [0.1, 0.15) is 20.8 Å². The van der Waals surface area contributed by atoms with Gasteiger partial charge in [-0.25, -0.2) is 0 Å². The van der Waals surface area contributed by atoms with Crippen LogP contribution in [0.4, 0.5) is 0 Å². The summed E-state index contributed by atoms with van der Waals surface area (Å²) in [6.45, 7) is 1.29.